The molecule has 2 atom stereocenters. The van der Waals surface area contributed by atoms with Gasteiger partial charge in [0.25, 0.3) is 0 Å². The molecule has 0 bridgehead atoms. The number of nitrogens with zero attached hydrogens (tertiary/aromatic N) is 1. The number of para-hydroxylation sites is 1. The molecule has 2 heteroatoms. The van der Waals surface area contributed by atoms with Crippen molar-refractivity contribution in [2.75, 3.05) is 11.9 Å². The molecule has 1 aromatic rings. The van der Waals surface area contributed by atoms with E-state index in [0.717, 1.165) is 25.2 Å². The van der Waals surface area contributed by atoms with Crippen LogP contribution in [0.15, 0.2) is 18.2 Å². The van der Waals surface area contributed by atoms with Crippen molar-refractivity contribution in [3.8, 4) is 0 Å². The summed E-state index contributed by atoms with van der Waals surface area (Å²) in [4.78, 5) is 2.68. The van der Waals surface area contributed by atoms with Crippen molar-refractivity contribution in [1.29, 1.82) is 0 Å². The van der Waals surface area contributed by atoms with Crippen molar-refractivity contribution in [3.05, 3.63) is 29.3 Å². The molecule has 0 aliphatic carbocycles. The summed E-state index contributed by atoms with van der Waals surface area (Å²) in [5.74, 6) is 0. The molecule has 3 rings (SSSR count). The number of likely N-dealkylation sites (tertiary alicyclic amines) is 1. The van der Waals surface area contributed by atoms with Gasteiger partial charge in [-0.1, -0.05) is 24.6 Å². The molecule has 0 aromatic heterocycles. The number of benzene rings is 1. The van der Waals surface area contributed by atoms with Crippen LogP contribution in [0.25, 0.3) is 0 Å². The minimum absolute atomic E-state index is 0.728. The van der Waals surface area contributed by atoms with Crippen LogP contribution in [0.3, 0.4) is 0 Å². The highest BCUT2D eigenvalue weighted by Gasteiger charge is 2.26. The van der Waals surface area contributed by atoms with E-state index >= 15 is 0 Å². The Hall–Kier alpha value is -1.02. The fourth-order valence-corrected chi connectivity index (χ4v) is 3.53. The molecule has 2 heterocycles. The van der Waals surface area contributed by atoms with E-state index in [9.17, 15) is 0 Å². The summed E-state index contributed by atoms with van der Waals surface area (Å²) in [5.41, 5.74) is 4.41. The predicted octanol–water partition coefficient (Wildman–Crippen LogP) is 3.42. The van der Waals surface area contributed by atoms with E-state index < -0.39 is 0 Å². The zero-order chi connectivity index (χ0) is 12.5. The van der Waals surface area contributed by atoms with E-state index in [1.165, 1.54) is 42.5 Å². The minimum atomic E-state index is 0.728. The summed E-state index contributed by atoms with van der Waals surface area (Å²) in [7, 11) is 0. The monoisotopic (exact) mass is 244 g/mol. The summed E-state index contributed by atoms with van der Waals surface area (Å²) < 4.78 is 0. The van der Waals surface area contributed by atoms with E-state index in [4.69, 9.17) is 0 Å². The van der Waals surface area contributed by atoms with Gasteiger partial charge in [0.2, 0.25) is 0 Å². The first-order valence-electron chi connectivity index (χ1n) is 7.36. The highest BCUT2D eigenvalue weighted by Crippen LogP contribution is 2.30. The molecule has 2 nitrogen and oxygen atoms in total. The second-order valence-corrected chi connectivity index (χ2v) is 5.93. The van der Waals surface area contributed by atoms with Gasteiger partial charge in [-0.05, 0) is 44.2 Å². The maximum absolute atomic E-state index is 3.56. The summed E-state index contributed by atoms with van der Waals surface area (Å²) >= 11 is 0. The van der Waals surface area contributed by atoms with Gasteiger partial charge in [0.15, 0.2) is 0 Å². The Morgan fingerprint density at radius 3 is 2.78 bits per heavy atom. The van der Waals surface area contributed by atoms with Crippen molar-refractivity contribution in [1.82, 2.24) is 4.90 Å². The average molecular weight is 244 g/mol. The van der Waals surface area contributed by atoms with Crippen molar-refractivity contribution in [3.63, 3.8) is 0 Å². The Bertz CT molecular complexity index is 417. The fourth-order valence-electron chi connectivity index (χ4n) is 3.53. The average Bonchev–Trinajstić information content (AvgIpc) is 2.83. The molecule has 0 saturated carbocycles. The van der Waals surface area contributed by atoms with Gasteiger partial charge >= 0.3 is 0 Å². The zero-order valence-corrected chi connectivity index (χ0v) is 11.6. The topological polar surface area (TPSA) is 15.3 Å². The first-order chi connectivity index (χ1) is 8.75. The first kappa shape index (κ1) is 12.0. The van der Waals surface area contributed by atoms with Gasteiger partial charge in [-0.25, -0.2) is 0 Å². The SMILES string of the molecule is CC1CCCC(C)N1Cc1cccc2c1NCC2. The zero-order valence-electron chi connectivity index (χ0n) is 11.6. The maximum atomic E-state index is 3.56. The molecular weight excluding hydrogens is 220 g/mol. The fraction of sp³-hybridized carbons (Fsp3) is 0.625. The molecule has 18 heavy (non-hydrogen) atoms. The third kappa shape index (κ3) is 2.14. The number of piperidine rings is 1. The van der Waals surface area contributed by atoms with Gasteiger partial charge in [0.05, 0.1) is 0 Å². The van der Waals surface area contributed by atoms with E-state index in [1.807, 2.05) is 0 Å². The van der Waals surface area contributed by atoms with E-state index in [-0.39, 0.29) is 0 Å². The lowest BCUT2D eigenvalue weighted by molar-refractivity contribution is 0.0955. The highest BCUT2D eigenvalue weighted by molar-refractivity contribution is 5.61. The molecule has 1 fully saturated rings. The van der Waals surface area contributed by atoms with Crippen molar-refractivity contribution >= 4 is 5.69 Å². The summed E-state index contributed by atoms with van der Waals surface area (Å²) in [6.07, 6.45) is 5.29. The normalized spacial score (nSPS) is 27.9. The van der Waals surface area contributed by atoms with Crippen LogP contribution in [0.4, 0.5) is 5.69 Å². The molecule has 98 valence electrons. The third-order valence-electron chi connectivity index (χ3n) is 4.66. The molecule has 1 saturated heterocycles. The van der Waals surface area contributed by atoms with Crippen LogP contribution in [0.2, 0.25) is 0 Å². The van der Waals surface area contributed by atoms with Gasteiger partial charge in [-0.2, -0.15) is 0 Å². The molecule has 1 N–H and O–H groups in total. The molecule has 1 aromatic carbocycles. The molecule has 0 spiro atoms. The van der Waals surface area contributed by atoms with Gasteiger partial charge < -0.3 is 5.32 Å². The summed E-state index contributed by atoms with van der Waals surface area (Å²) in [6, 6.07) is 8.24. The lowest BCUT2D eigenvalue weighted by atomic mass is 9.96. The van der Waals surface area contributed by atoms with Crippen molar-refractivity contribution < 1.29 is 0 Å². The predicted molar refractivity (Wildman–Crippen MR) is 77.0 cm³/mol. The summed E-state index contributed by atoms with van der Waals surface area (Å²) in [6.45, 7) is 6.98. The first-order valence-corrected chi connectivity index (χ1v) is 7.36. The van der Waals surface area contributed by atoms with Gasteiger partial charge in [0, 0.05) is 30.9 Å². The number of rotatable bonds is 2. The Labute approximate surface area is 110 Å². The maximum Gasteiger partial charge on any atom is 0.0419 e. The Kier molecular flexibility index (Phi) is 3.29. The Balaban J connectivity index is 1.82. The third-order valence-corrected chi connectivity index (χ3v) is 4.66. The van der Waals surface area contributed by atoms with Crippen LogP contribution in [0, 0.1) is 0 Å². The number of nitrogens with one attached hydrogen (secondary N) is 1. The standard InChI is InChI=1S/C16H24N2/c1-12-5-3-6-13(2)18(12)11-15-8-4-7-14-9-10-17-16(14)15/h4,7-8,12-13,17H,3,5-6,9-11H2,1-2H3. The number of fused-ring (bicyclic) bond motifs is 1. The van der Waals surface area contributed by atoms with Gasteiger partial charge in [-0.15, -0.1) is 0 Å². The van der Waals surface area contributed by atoms with Crippen LogP contribution in [-0.4, -0.2) is 23.5 Å². The lowest BCUT2D eigenvalue weighted by Crippen LogP contribution is -2.43. The number of hydrogen-bond donors (Lipinski definition) is 1. The molecular formula is C16H24N2. The van der Waals surface area contributed by atoms with E-state index in [0.29, 0.717) is 0 Å². The summed E-state index contributed by atoms with van der Waals surface area (Å²) in [5, 5.41) is 3.56. The Morgan fingerprint density at radius 2 is 2.00 bits per heavy atom. The molecule has 2 aliphatic rings. The quantitative estimate of drug-likeness (QED) is 0.857. The molecule has 2 aliphatic heterocycles. The smallest absolute Gasteiger partial charge is 0.0419 e. The highest BCUT2D eigenvalue weighted by atomic mass is 15.2. The van der Waals surface area contributed by atoms with Crippen LogP contribution < -0.4 is 5.32 Å². The number of hydrogen-bond acceptors (Lipinski definition) is 2. The van der Waals surface area contributed by atoms with Crippen LogP contribution in [0.1, 0.15) is 44.2 Å². The van der Waals surface area contributed by atoms with Crippen molar-refractivity contribution in [2.45, 2.75) is 58.2 Å². The minimum Gasteiger partial charge on any atom is -0.384 e. The molecule has 0 radical (unpaired) electrons. The van der Waals surface area contributed by atoms with Gasteiger partial charge in [0.1, 0.15) is 0 Å². The van der Waals surface area contributed by atoms with Crippen molar-refractivity contribution in [2.24, 2.45) is 0 Å². The lowest BCUT2D eigenvalue weighted by Gasteiger charge is -2.39. The van der Waals surface area contributed by atoms with E-state index in [1.54, 1.807) is 0 Å². The largest absolute Gasteiger partial charge is 0.384 e. The van der Waals surface area contributed by atoms with Crippen LogP contribution in [-0.2, 0) is 13.0 Å². The van der Waals surface area contributed by atoms with Gasteiger partial charge in [-0.3, -0.25) is 4.90 Å². The number of anilines is 1. The second kappa shape index (κ2) is 4.93. The second-order valence-electron chi connectivity index (χ2n) is 5.93. The molecule has 2 unspecified atom stereocenters. The van der Waals surface area contributed by atoms with Crippen LogP contribution in [0.5, 0.6) is 0 Å². The molecule has 0 amide bonds. The van der Waals surface area contributed by atoms with E-state index in [2.05, 4.69) is 42.3 Å². The Morgan fingerprint density at radius 1 is 1.22 bits per heavy atom. The van der Waals surface area contributed by atoms with Crippen LogP contribution >= 0.6 is 0 Å².